The van der Waals surface area contributed by atoms with Crippen LogP contribution in [-0.2, 0) is 5.54 Å². The highest BCUT2D eigenvalue weighted by atomic mass is 127. The van der Waals surface area contributed by atoms with Crippen LogP contribution < -0.4 is 0 Å². The summed E-state index contributed by atoms with van der Waals surface area (Å²) < 4.78 is 15.3. The Bertz CT molecular complexity index is 299. The third-order valence-corrected chi connectivity index (χ3v) is 2.87. The Morgan fingerprint density at radius 3 is 2.08 bits per heavy atom. The van der Waals surface area contributed by atoms with Crippen LogP contribution in [0.4, 0.5) is 4.39 Å². The first-order valence-electron chi connectivity index (χ1n) is 3.75. The molecule has 0 spiro atoms. The minimum absolute atomic E-state index is 0.144. The number of hydrogen-bond donors (Lipinski definition) is 0. The van der Waals surface area contributed by atoms with Crippen LogP contribution in [0.5, 0.6) is 0 Å². The predicted molar refractivity (Wildman–Crippen MR) is 54.6 cm³/mol. The van der Waals surface area contributed by atoms with Crippen LogP contribution in [-0.4, -0.2) is 9.78 Å². The molecule has 0 amide bonds. The van der Waals surface area contributed by atoms with Crippen molar-refractivity contribution in [2.75, 3.05) is 0 Å². The molecule has 0 aliphatic carbocycles. The van der Waals surface area contributed by atoms with Gasteiger partial charge in [0.2, 0.25) is 5.95 Å². The average molecular weight is 282 g/mol. The van der Waals surface area contributed by atoms with Gasteiger partial charge < -0.3 is 0 Å². The van der Waals surface area contributed by atoms with E-state index in [0.717, 1.165) is 5.69 Å². The van der Waals surface area contributed by atoms with Crippen molar-refractivity contribution in [1.82, 2.24) is 9.78 Å². The number of nitrogens with zero attached hydrogens (tertiary/aromatic N) is 2. The van der Waals surface area contributed by atoms with E-state index in [1.54, 1.807) is 4.68 Å². The Balaban J connectivity index is 3.28. The molecule has 4 heteroatoms. The molecule has 68 valence electrons. The van der Waals surface area contributed by atoms with Gasteiger partial charge in [-0.15, -0.1) is 5.10 Å². The van der Waals surface area contributed by atoms with Gasteiger partial charge in [0.25, 0.3) is 0 Å². The van der Waals surface area contributed by atoms with E-state index in [4.69, 9.17) is 0 Å². The van der Waals surface area contributed by atoms with Crippen molar-refractivity contribution in [3.63, 3.8) is 0 Å². The summed E-state index contributed by atoms with van der Waals surface area (Å²) in [7, 11) is 0. The Hall–Kier alpha value is -0.130. The highest BCUT2D eigenvalue weighted by molar-refractivity contribution is 14.1. The van der Waals surface area contributed by atoms with Crippen LogP contribution in [0, 0.1) is 16.4 Å². The summed E-state index contributed by atoms with van der Waals surface area (Å²) in [6, 6.07) is 0. The largest absolute Gasteiger partial charge is 0.261 e. The van der Waals surface area contributed by atoms with Crippen LogP contribution in [0.25, 0.3) is 0 Å². The van der Waals surface area contributed by atoms with Gasteiger partial charge in [-0.05, 0) is 50.3 Å². The molecule has 0 aliphatic rings. The lowest BCUT2D eigenvalue weighted by molar-refractivity contribution is 0.335. The highest BCUT2D eigenvalue weighted by Crippen LogP contribution is 2.21. The molecule has 1 rings (SSSR count). The van der Waals surface area contributed by atoms with E-state index < -0.39 is 0 Å². The molecule has 0 saturated heterocycles. The van der Waals surface area contributed by atoms with Crippen molar-refractivity contribution < 1.29 is 4.39 Å². The Kier molecular flexibility index (Phi) is 2.47. The van der Waals surface area contributed by atoms with Gasteiger partial charge in [0.15, 0.2) is 0 Å². The topological polar surface area (TPSA) is 17.8 Å². The molecule has 1 heterocycles. The van der Waals surface area contributed by atoms with Gasteiger partial charge in [0.1, 0.15) is 0 Å². The smallest absolute Gasteiger partial charge is 0.246 e. The Morgan fingerprint density at radius 2 is 1.92 bits per heavy atom. The second kappa shape index (κ2) is 2.97. The summed E-state index contributed by atoms with van der Waals surface area (Å²) in [4.78, 5) is 0. The van der Waals surface area contributed by atoms with Crippen molar-refractivity contribution in [2.24, 2.45) is 0 Å². The number of rotatable bonds is 0. The lowest BCUT2D eigenvalue weighted by atomic mass is 10.1. The summed E-state index contributed by atoms with van der Waals surface area (Å²) in [5, 5.41) is 3.82. The number of hydrogen-bond acceptors (Lipinski definition) is 1. The van der Waals surface area contributed by atoms with Crippen LogP contribution in [0.1, 0.15) is 26.5 Å². The monoisotopic (exact) mass is 282 g/mol. The number of aromatic nitrogens is 2. The molecule has 0 unspecified atom stereocenters. The normalized spacial score (nSPS) is 12.2. The molecule has 0 saturated carbocycles. The van der Waals surface area contributed by atoms with Crippen molar-refractivity contribution in [2.45, 2.75) is 33.2 Å². The first kappa shape index (κ1) is 9.95. The average Bonchev–Trinajstić information content (AvgIpc) is 2.15. The van der Waals surface area contributed by atoms with E-state index in [1.807, 2.05) is 50.3 Å². The zero-order chi connectivity index (χ0) is 9.52. The first-order valence-corrected chi connectivity index (χ1v) is 4.83. The van der Waals surface area contributed by atoms with Gasteiger partial charge in [-0.1, -0.05) is 0 Å². The molecule has 0 bridgehead atoms. The van der Waals surface area contributed by atoms with Gasteiger partial charge in [-0.2, -0.15) is 4.39 Å². The maximum Gasteiger partial charge on any atom is 0.246 e. The summed E-state index contributed by atoms with van der Waals surface area (Å²) in [6.45, 7) is 7.89. The standard InChI is InChI=1S/C8H12FIN2/c1-5-6(10)7(9)11-12(5)8(2,3)4/h1-4H3. The van der Waals surface area contributed by atoms with E-state index in [2.05, 4.69) is 5.10 Å². The second-order valence-corrected chi connectivity index (χ2v) is 4.85. The molecule has 0 fully saturated rings. The summed E-state index contributed by atoms with van der Waals surface area (Å²) in [5.74, 6) is -0.372. The zero-order valence-corrected chi connectivity index (χ0v) is 9.81. The first-order chi connectivity index (χ1) is 5.34. The van der Waals surface area contributed by atoms with Gasteiger partial charge >= 0.3 is 0 Å². The van der Waals surface area contributed by atoms with Gasteiger partial charge in [0, 0.05) is 0 Å². The second-order valence-electron chi connectivity index (χ2n) is 3.77. The quantitative estimate of drug-likeness (QED) is 0.669. The molecule has 0 N–H and O–H groups in total. The molecule has 0 aliphatic heterocycles. The molecule has 0 radical (unpaired) electrons. The lowest BCUT2D eigenvalue weighted by Crippen LogP contribution is -2.24. The Morgan fingerprint density at radius 1 is 1.42 bits per heavy atom. The minimum Gasteiger partial charge on any atom is -0.261 e. The summed E-state index contributed by atoms with van der Waals surface area (Å²) >= 11 is 1.97. The van der Waals surface area contributed by atoms with E-state index in [0.29, 0.717) is 3.57 Å². The van der Waals surface area contributed by atoms with Crippen LogP contribution in [0.2, 0.25) is 0 Å². The fourth-order valence-electron chi connectivity index (χ4n) is 1.10. The molecule has 1 aromatic heterocycles. The summed E-state index contributed by atoms with van der Waals surface area (Å²) in [5.41, 5.74) is 0.745. The van der Waals surface area contributed by atoms with Crippen LogP contribution in [0.3, 0.4) is 0 Å². The lowest BCUT2D eigenvalue weighted by Gasteiger charge is -2.20. The minimum atomic E-state index is -0.372. The van der Waals surface area contributed by atoms with Crippen molar-refractivity contribution >= 4 is 22.6 Å². The summed E-state index contributed by atoms with van der Waals surface area (Å²) in [6.07, 6.45) is 0. The third-order valence-electron chi connectivity index (χ3n) is 1.64. The molecular weight excluding hydrogens is 270 g/mol. The highest BCUT2D eigenvalue weighted by Gasteiger charge is 2.20. The van der Waals surface area contributed by atoms with E-state index in [1.165, 1.54) is 0 Å². The molecular formula is C8H12FIN2. The van der Waals surface area contributed by atoms with Crippen molar-refractivity contribution in [3.8, 4) is 0 Å². The van der Waals surface area contributed by atoms with Crippen LogP contribution >= 0.6 is 22.6 Å². The maximum absolute atomic E-state index is 13.0. The van der Waals surface area contributed by atoms with Gasteiger partial charge in [-0.25, -0.2) is 0 Å². The zero-order valence-electron chi connectivity index (χ0n) is 7.65. The molecule has 0 aromatic carbocycles. The molecule has 1 aromatic rings. The van der Waals surface area contributed by atoms with Crippen LogP contribution in [0.15, 0.2) is 0 Å². The number of halogens is 2. The maximum atomic E-state index is 13.0. The van der Waals surface area contributed by atoms with E-state index in [-0.39, 0.29) is 11.5 Å². The van der Waals surface area contributed by atoms with Gasteiger partial charge in [-0.3, -0.25) is 4.68 Å². The van der Waals surface area contributed by atoms with Gasteiger partial charge in [0.05, 0.1) is 14.8 Å². The molecule has 12 heavy (non-hydrogen) atoms. The SMILES string of the molecule is Cc1c(I)c(F)nn1C(C)(C)C. The van der Waals surface area contributed by atoms with E-state index >= 15 is 0 Å². The van der Waals surface area contributed by atoms with Crippen molar-refractivity contribution in [1.29, 1.82) is 0 Å². The fourth-order valence-corrected chi connectivity index (χ4v) is 1.44. The van der Waals surface area contributed by atoms with E-state index in [9.17, 15) is 4.39 Å². The third kappa shape index (κ3) is 1.62. The Labute approximate surface area is 85.3 Å². The fraction of sp³-hybridized carbons (Fsp3) is 0.625. The predicted octanol–water partition coefficient (Wildman–Crippen LogP) is 2.69. The van der Waals surface area contributed by atoms with Crippen molar-refractivity contribution in [3.05, 3.63) is 15.2 Å². The molecule has 2 nitrogen and oxygen atoms in total. The molecule has 0 atom stereocenters.